The van der Waals surface area contributed by atoms with Gasteiger partial charge in [-0.3, -0.25) is 4.79 Å². The molecule has 1 aromatic heterocycles. The Morgan fingerprint density at radius 1 is 1.25 bits per heavy atom. The van der Waals surface area contributed by atoms with E-state index >= 15 is 0 Å². The van der Waals surface area contributed by atoms with Crippen LogP contribution >= 0.6 is 34.9 Å². The van der Waals surface area contributed by atoms with Crippen LogP contribution in [0.15, 0.2) is 39.6 Å². The lowest BCUT2D eigenvalue weighted by molar-refractivity contribution is -0.118. The Morgan fingerprint density at radius 3 is 2.75 bits per heavy atom. The Labute approximate surface area is 130 Å². The zero-order valence-electron chi connectivity index (χ0n) is 11.0. The zero-order chi connectivity index (χ0) is 14.2. The fourth-order valence-corrected chi connectivity index (χ4v) is 3.83. The fraction of sp³-hybridized carbons (Fsp3) is 0.308. The van der Waals surface area contributed by atoms with Crippen LogP contribution in [0, 0.1) is 6.92 Å². The predicted octanol–water partition coefficient (Wildman–Crippen LogP) is 2.85. The predicted molar refractivity (Wildman–Crippen MR) is 85.5 cm³/mol. The molecule has 0 aliphatic heterocycles. The summed E-state index contributed by atoms with van der Waals surface area (Å²) in [5, 5.41) is 11.7. The number of aryl methyl sites for hydroxylation is 1. The van der Waals surface area contributed by atoms with E-state index in [0.717, 1.165) is 15.1 Å². The topological polar surface area (TPSA) is 54.9 Å². The van der Waals surface area contributed by atoms with Crippen molar-refractivity contribution < 1.29 is 4.79 Å². The highest BCUT2D eigenvalue weighted by Gasteiger charge is 2.05. The van der Waals surface area contributed by atoms with E-state index < -0.39 is 0 Å². The summed E-state index contributed by atoms with van der Waals surface area (Å²) in [6.07, 6.45) is 0. The number of nitrogens with one attached hydrogen (secondary N) is 1. The van der Waals surface area contributed by atoms with Crippen molar-refractivity contribution in [3.05, 3.63) is 35.3 Å². The lowest BCUT2D eigenvalue weighted by Gasteiger charge is -2.04. The lowest BCUT2D eigenvalue weighted by atomic mass is 10.4. The monoisotopic (exact) mass is 325 g/mol. The summed E-state index contributed by atoms with van der Waals surface area (Å²) in [6, 6.07) is 10.2. The summed E-state index contributed by atoms with van der Waals surface area (Å²) in [6.45, 7) is 2.58. The molecular formula is C13H15N3OS3. The number of carbonyl (C=O) groups excluding carboxylic acids is 1. The van der Waals surface area contributed by atoms with Crippen molar-refractivity contribution in [2.75, 3.05) is 18.1 Å². The fourth-order valence-electron chi connectivity index (χ4n) is 1.39. The molecule has 1 N–H and O–H groups in total. The molecule has 4 nitrogen and oxygen atoms in total. The first-order valence-corrected chi connectivity index (χ1v) is 8.90. The molecule has 0 atom stereocenters. The SMILES string of the molecule is Cc1nnc(SCC(=O)NCCSc2ccccc2)s1. The Balaban J connectivity index is 1.58. The van der Waals surface area contributed by atoms with E-state index in [1.165, 1.54) is 28.0 Å². The molecule has 0 unspecified atom stereocenters. The molecule has 106 valence electrons. The second-order valence-electron chi connectivity index (χ2n) is 3.89. The lowest BCUT2D eigenvalue weighted by Crippen LogP contribution is -2.27. The molecule has 0 aliphatic carbocycles. The average molecular weight is 325 g/mol. The molecule has 0 saturated heterocycles. The molecular weight excluding hydrogens is 310 g/mol. The van der Waals surface area contributed by atoms with Crippen LogP contribution in [-0.2, 0) is 4.79 Å². The second kappa shape index (κ2) is 8.28. The van der Waals surface area contributed by atoms with Crippen LogP contribution in [0.4, 0.5) is 0 Å². The minimum Gasteiger partial charge on any atom is -0.355 e. The van der Waals surface area contributed by atoms with Crippen LogP contribution in [0.3, 0.4) is 0 Å². The molecule has 7 heteroatoms. The van der Waals surface area contributed by atoms with Gasteiger partial charge in [0.25, 0.3) is 0 Å². The zero-order valence-corrected chi connectivity index (χ0v) is 13.5. The van der Waals surface area contributed by atoms with E-state index in [4.69, 9.17) is 0 Å². The van der Waals surface area contributed by atoms with Crippen molar-refractivity contribution in [2.24, 2.45) is 0 Å². The summed E-state index contributed by atoms with van der Waals surface area (Å²) < 4.78 is 0.844. The van der Waals surface area contributed by atoms with Gasteiger partial charge in [-0.2, -0.15) is 0 Å². The molecule has 0 aliphatic rings. The van der Waals surface area contributed by atoms with Gasteiger partial charge in [0.2, 0.25) is 5.91 Å². The van der Waals surface area contributed by atoms with E-state index in [-0.39, 0.29) is 5.91 Å². The van der Waals surface area contributed by atoms with Crippen molar-refractivity contribution in [2.45, 2.75) is 16.2 Å². The standard InChI is InChI=1S/C13H15N3OS3/c1-10-15-16-13(20-10)19-9-12(17)14-7-8-18-11-5-3-2-4-6-11/h2-6H,7-9H2,1H3,(H,14,17). The molecule has 0 bridgehead atoms. The number of nitrogens with zero attached hydrogens (tertiary/aromatic N) is 2. The number of rotatable bonds is 7. The van der Waals surface area contributed by atoms with Gasteiger partial charge in [0, 0.05) is 17.2 Å². The van der Waals surface area contributed by atoms with Gasteiger partial charge in [0.1, 0.15) is 5.01 Å². The average Bonchev–Trinajstić information content (AvgIpc) is 2.88. The van der Waals surface area contributed by atoms with Crippen molar-refractivity contribution in [3.8, 4) is 0 Å². The number of hydrogen-bond donors (Lipinski definition) is 1. The van der Waals surface area contributed by atoms with Gasteiger partial charge in [-0.25, -0.2) is 0 Å². The van der Waals surface area contributed by atoms with E-state index in [0.29, 0.717) is 12.3 Å². The highest BCUT2D eigenvalue weighted by molar-refractivity contribution is 8.01. The number of carbonyl (C=O) groups is 1. The third-order valence-corrected chi connectivity index (χ3v) is 5.26. The molecule has 2 aromatic rings. The smallest absolute Gasteiger partial charge is 0.230 e. The summed E-state index contributed by atoms with van der Waals surface area (Å²) in [5.74, 6) is 1.31. The van der Waals surface area contributed by atoms with Crippen molar-refractivity contribution in [1.82, 2.24) is 15.5 Å². The third kappa shape index (κ3) is 5.52. The van der Waals surface area contributed by atoms with E-state index in [1.54, 1.807) is 11.8 Å². The molecule has 20 heavy (non-hydrogen) atoms. The van der Waals surface area contributed by atoms with Gasteiger partial charge in [-0.1, -0.05) is 41.3 Å². The van der Waals surface area contributed by atoms with Crippen LogP contribution in [0.5, 0.6) is 0 Å². The van der Waals surface area contributed by atoms with E-state index in [2.05, 4.69) is 27.6 Å². The third-order valence-electron chi connectivity index (χ3n) is 2.27. The first kappa shape index (κ1) is 15.3. The van der Waals surface area contributed by atoms with Gasteiger partial charge < -0.3 is 5.32 Å². The van der Waals surface area contributed by atoms with Crippen LogP contribution in [0.25, 0.3) is 0 Å². The number of hydrogen-bond acceptors (Lipinski definition) is 6. The van der Waals surface area contributed by atoms with Gasteiger partial charge >= 0.3 is 0 Å². The number of benzene rings is 1. The maximum Gasteiger partial charge on any atom is 0.230 e. The minimum absolute atomic E-state index is 0.0384. The molecule has 1 amide bonds. The largest absolute Gasteiger partial charge is 0.355 e. The summed E-state index contributed by atoms with van der Waals surface area (Å²) >= 11 is 4.68. The van der Waals surface area contributed by atoms with Gasteiger partial charge in [0.05, 0.1) is 5.75 Å². The number of aromatic nitrogens is 2. The second-order valence-corrected chi connectivity index (χ2v) is 7.46. The molecule has 0 saturated carbocycles. The minimum atomic E-state index is 0.0384. The number of amides is 1. The Kier molecular flexibility index (Phi) is 6.35. The van der Waals surface area contributed by atoms with Gasteiger partial charge in [0.15, 0.2) is 4.34 Å². The molecule has 1 heterocycles. The normalized spacial score (nSPS) is 10.4. The summed E-state index contributed by atoms with van der Waals surface area (Å²) in [5.41, 5.74) is 0. The van der Waals surface area contributed by atoms with Crippen LogP contribution in [0.2, 0.25) is 0 Å². The van der Waals surface area contributed by atoms with Gasteiger partial charge in [-0.05, 0) is 19.1 Å². The maximum absolute atomic E-state index is 11.6. The first-order valence-electron chi connectivity index (χ1n) is 6.11. The van der Waals surface area contributed by atoms with Crippen molar-refractivity contribution in [1.29, 1.82) is 0 Å². The maximum atomic E-state index is 11.6. The number of thioether (sulfide) groups is 2. The summed E-state index contributed by atoms with van der Waals surface area (Å²) in [7, 11) is 0. The quantitative estimate of drug-likeness (QED) is 0.627. The van der Waals surface area contributed by atoms with Gasteiger partial charge in [-0.15, -0.1) is 22.0 Å². The van der Waals surface area contributed by atoms with E-state index in [9.17, 15) is 4.79 Å². The molecule has 0 spiro atoms. The highest BCUT2D eigenvalue weighted by atomic mass is 32.2. The molecule has 0 fully saturated rings. The Hall–Kier alpha value is -1.05. The van der Waals surface area contributed by atoms with Crippen LogP contribution < -0.4 is 5.32 Å². The Morgan fingerprint density at radius 2 is 2.05 bits per heavy atom. The highest BCUT2D eigenvalue weighted by Crippen LogP contribution is 2.21. The Bertz CT molecular complexity index is 545. The molecule has 0 radical (unpaired) electrons. The molecule has 2 rings (SSSR count). The molecule has 1 aromatic carbocycles. The van der Waals surface area contributed by atoms with Crippen LogP contribution in [-0.4, -0.2) is 34.2 Å². The van der Waals surface area contributed by atoms with E-state index in [1.807, 2.05) is 25.1 Å². The first-order chi connectivity index (χ1) is 9.74. The van der Waals surface area contributed by atoms with Crippen LogP contribution in [0.1, 0.15) is 5.01 Å². The van der Waals surface area contributed by atoms with Crippen molar-refractivity contribution >= 4 is 40.8 Å². The van der Waals surface area contributed by atoms with Crippen molar-refractivity contribution in [3.63, 3.8) is 0 Å². The summed E-state index contributed by atoms with van der Waals surface area (Å²) in [4.78, 5) is 12.9.